The minimum Gasteiger partial charge on any atom is -0.488 e. The lowest BCUT2D eigenvalue weighted by Gasteiger charge is -2.26. The lowest BCUT2D eigenvalue weighted by atomic mass is 10.1. The molecule has 1 aliphatic rings. The van der Waals surface area contributed by atoms with Crippen LogP contribution in [0.15, 0.2) is 95.0 Å². The van der Waals surface area contributed by atoms with Crippen molar-refractivity contribution in [1.82, 2.24) is 5.32 Å². The van der Waals surface area contributed by atoms with E-state index in [0.29, 0.717) is 22.4 Å². The predicted molar refractivity (Wildman–Crippen MR) is 138 cm³/mol. The van der Waals surface area contributed by atoms with Gasteiger partial charge < -0.3 is 4.74 Å². The zero-order chi connectivity index (χ0) is 25.2. The van der Waals surface area contributed by atoms with Crippen LogP contribution in [0.4, 0.5) is 14.9 Å². The Hall–Kier alpha value is -4.30. The number of anilines is 1. The number of urea groups is 1. The molecule has 0 radical (unpaired) electrons. The first kappa shape index (κ1) is 23.4. The lowest BCUT2D eigenvalue weighted by Crippen LogP contribution is -2.54. The van der Waals surface area contributed by atoms with Crippen molar-refractivity contribution in [1.29, 1.82) is 0 Å². The van der Waals surface area contributed by atoms with Crippen LogP contribution in [0, 0.1) is 5.82 Å². The first-order chi connectivity index (χ1) is 17.4. The molecule has 0 aliphatic carbocycles. The molecule has 5 rings (SSSR count). The highest BCUT2D eigenvalue weighted by molar-refractivity contribution is 9.10. The van der Waals surface area contributed by atoms with Crippen molar-refractivity contribution in [3.05, 3.63) is 112 Å². The Morgan fingerprint density at radius 2 is 1.64 bits per heavy atom. The second kappa shape index (κ2) is 9.75. The summed E-state index contributed by atoms with van der Waals surface area (Å²) in [4.78, 5) is 38.5. The number of rotatable bonds is 5. The summed E-state index contributed by atoms with van der Waals surface area (Å²) in [5.41, 5.74) is 1.49. The number of carbonyl (C=O) groups is 3. The minimum atomic E-state index is -0.896. The summed E-state index contributed by atoms with van der Waals surface area (Å²) in [5, 5.41) is 4.43. The van der Waals surface area contributed by atoms with Crippen molar-refractivity contribution < 1.29 is 23.5 Å². The highest BCUT2D eigenvalue weighted by atomic mass is 79.9. The SMILES string of the molecule is O=C1NC(=O)N(c2ccc(F)cc2)C(=O)/C1=C/c1ccc(OCc2ccc3ccccc3c2)c(Br)c1. The largest absolute Gasteiger partial charge is 0.488 e. The number of barbiturate groups is 1. The highest BCUT2D eigenvalue weighted by Gasteiger charge is 2.36. The van der Waals surface area contributed by atoms with E-state index in [9.17, 15) is 18.8 Å². The van der Waals surface area contributed by atoms with Gasteiger partial charge in [-0.3, -0.25) is 14.9 Å². The molecule has 1 N–H and O–H groups in total. The Morgan fingerprint density at radius 1 is 0.889 bits per heavy atom. The summed E-state index contributed by atoms with van der Waals surface area (Å²) in [6, 6.07) is 23.3. The Kier molecular flexibility index (Phi) is 6.35. The fourth-order valence-corrected chi connectivity index (χ4v) is 4.37. The topological polar surface area (TPSA) is 75.7 Å². The van der Waals surface area contributed by atoms with Crippen molar-refractivity contribution >= 4 is 56.3 Å². The van der Waals surface area contributed by atoms with E-state index >= 15 is 0 Å². The van der Waals surface area contributed by atoms with E-state index in [1.54, 1.807) is 18.2 Å². The first-order valence-corrected chi connectivity index (χ1v) is 11.8. The second-order valence-electron chi connectivity index (χ2n) is 8.09. The highest BCUT2D eigenvalue weighted by Crippen LogP contribution is 2.29. The van der Waals surface area contributed by atoms with Crippen LogP contribution < -0.4 is 15.0 Å². The number of carbonyl (C=O) groups excluding carboxylic acids is 3. The number of nitrogens with one attached hydrogen (secondary N) is 1. The maximum atomic E-state index is 13.3. The number of hydrogen-bond acceptors (Lipinski definition) is 4. The summed E-state index contributed by atoms with van der Waals surface area (Å²) >= 11 is 3.48. The molecule has 0 aromatic heterocycles. The van der Waals surface area contributed by atoms with Gasteiger partial charge in [-0.15, -0.1) is 0 Å². The summed E-state index contributed by atoms with van der Waals surface area (Å²) in [6.07, 6.45) is 1.39. The van der Waals surface area contributed by atoms with Gasteiger partial charge in [0.25, 0.3) is 11.8 Å². The average molecular weight is 545 g/mol. The Labute approximate surface area is 214 Å². The smallest absolute Gasteiger partial charge is 0.335 e. The van der Waals surface area contributed by atoms with Crippen molar-refractivity contribution in [2.75, 3.05) is 4.90 Å². The van der Waals surface area contributed by atoms with E-state index in [1.165, 1.54) is 18.2 Å². The van der Waals surface area contributed by atoms with Crippen LogP contribution in [-0.2, 0) is 16.2 Å². The van der Waals surface area contributed by atoms with Crippen LogP contribution in [0.3, 0.4) is 0 Å². The Bertz CT molecular complexity index is 1550. The molecule has 1 aliphatic heterocycles. The maximum Gasteiger partial charge on any atom is 0.335 e. The summed E-state index contributed by atoms with van der Waals surface area (Å²) < 4.78 is 19.9. The van der Waals surface area contributed by atoms with E-state index in [2.05, 4.69) is 33.4 Å². The standard InChI is InChI=1S/C28H18BrFN2O4/c29-24-15-17(6-12-25(24)36-16-18-5-7-19-3-1-2-4-20(19)13-18)14-23-26(33)31-28(35)32(27(23)34)22-10-8-21(30)9-11-22/h1-15H,16H2,(H,31,33,35)/b23-14+. The number of imide groups is 2. The van der Waals surface area contributed by atoms with Gasteiger partial charge in [-0.2, -0.15) is 0 Å². The monoisotopic (exact) mass is 544 g/mol. The number of fused-ring (bicyclic) bond motifs is 1. The van der Waals surface area contributed by atoms with E-state index in [-0.39, 0.29) is 11.3 Å². The molecule has 1 saturated heterocycles. The van der Waals surface area contributed by atoms with Gasteiger partial charge in [0.15, 0.2) is 0 Å². The summed E-state index contributed by atoms with van der Waals surface area (Å²) in [7, 11) is 0. The van der Waals surface area contributed by atoms with Gasteiger partial charge in [0, 0.05) is 0 Å². The van der Waals surface area contributed by atoms with E-state index in [4.69, 9.17) is 4.74 Å². The van der Waals surface area contributed by atoms with Crippen LogP contribution in [0.5, 0.6) is 5.75 Å². The molecule has 0 saturated carbocycles. The third-order valence-corrected chi connectivity index (χ3v) is 6.28. The fourth-order valence-electron chi connectivity index (χ4n) is 3.86. The van der Waals surface area contributed by atoms with Gasteiger partial charge in [0.1, 0.15) is 23.7 Å². The number of halogens is 2. The van der Waals surface area contributed by atoms with E-state index in [1.807, 2.05) is 30.3 Å². The molecule has 178 valence electrons. The molecule has 4 amide bonds. The Balaban J connectivity index is 1.35. The van der Waals surface area contributed by atoms with Gasteiger partial charge >= 0.3 is 6.03 Å². The average Bonchev–Trinajstić information content (AvgIpc) is 2.87. The quantitative estimate of drug-likeness (QED) is 0.247. The minimum absolute atomic E-state index is 0.149. The maximum absolute atomic E-state index is 13.3. The molecule has 0 bridgehead atoms. The van der Waals surface area contributed by atoms with Gasteiger partial charge in [0.05, 0.1) is 10.2 Å². The van der Waals surface area contributed by atoms with E-state index < -0.39 is 23.7 Å². The second-order valence-corrected chi connectivity index (χ2v) is 8.95. The first-order valence-electron chi connectivity index (χ1n) is 11.0. The zero-order valence-electron chi connectivity index (χ0n) is 18.7. The third-order valence-electron chi connectivity index (χ3n) is 5.66. The van der Waals surface area contributed by atoms with Crippen molar-refractivity contribution in [3.63, 3.8) is 0 Å². The number of benzene rings is 4. The molecule has 4 aromatic rings. The van der Waals surface area contributed by atoms with Crippen molar-refractivity contribution in [3.8, 4) is 5.75 Å². The normalized spacial score (nSPS) is 14.9. The number of amides is 4. The van der Waals surface area contributed by atoms with Crippen molar-refractivity contribution in [2.45, 2.75) is 6.61 Å². The van der Waals surface area contributed by atoms with Gasteiger partial charge in [0.2, 0.25) is 0 Å². The summed E-state index contributed by atoms with van der Waals surface area (Å²) in [6.45, 7) is 0.361. The molecular formula is C28H18BrFN2O4. The molecule has 1 heterocycles. The predicted octanol–water partition coefficient (Wildman–Crippen LogP) is 5.99. The molecule has 6 nitrogen and oxygen atoms in total. The van der Waals surface area contributed by atoms with Crippen LogP contribution in [0.2, 0.25) is 0 Å². The van der Waals surface area contributed by atoms with Crippen LogP contribution in [-0.4, -0.2) is 17.8 Å². The molecule has 1 fully saturated rings. The molecule has 0 spiro atoms. The van der Waals surface area contributed by atoms with Gasteiger partial charge in [-0.25, -0.2) is 14.1 Å². The van der Waals surface area contributed by atoms with Crippen LogP contribution >= 0.6 is 15.9 Å². The Morgan fingerprint density at radius 3 is 2.39 bits per heavy atom. The van der Waals surface area contributed by atoms with E-state index in [0.717, 1.165) is 33.4 Å². The molecule has 0 unspecified atom stereocenters. The van der Waals surface area contributed by atoms with Gasteiger partial charge in [-0.1, -0.05) is 42.5 Å². The zero-order valence-corrected chi connectivity index (χ0v) is 20.3. The number of ether oxygens (including phenoxy) is 1. The number of hydrogen-bond donors (Lipinski definition) is 1. The molecule has 8 heteroatoms. The molecule has 36 heavy (non-hydrogen) atoms. The lowest BCUT2D eigenvalue weighted by molar-refractivity contribution is -0.122. The summed E-state index contributed by atoms with van der Waals surface area (Å²) in [5.74, 6) is -1.53. The molecular weight excluding hydrogens is 527 g/mol. The third kappa shape index (κ3) is 4.76. The number of nitrogens with zero attached hydrogens (tertiary/aromatic N) is 1. The van der Waals surface area contributed by atoms with Crippen LogP contribution in [0.1, 0.15) is 11.1 Å². The van der Waals surface area contributed by atoms with Gasteiger partial charge in [-0.05, 0) is 86.4 Å². The van der Waals surface area contributed by atoms with Crippen LogP contribution in [0.25, 0.3) is 16.8 Å². The van der Waals surface area contributed by atoms with Crippen molar-refractivity contribution in [2.24, 2.45) is 0 Å². The fraction of sp³-hybridized carbons (Fsp3) is 0.0357. The molecule has 0 atom stereocenters. The molecule has 4 aromatic carbocycles.